The number of amides is 1. The third-order valence-corrected chi connectivity index (χ3v) is 5.08. The standard InChI is InChI=1S/C20H22N4O4/c1-23-9-4-5-16(23)18-21-19(28-22-18)13-8-10-24(12-13)20(25)15-7-6-14(26-2)11-17(15)27-3/h4-7,9,11,13H,8,10,12H2,1-3H3. The summed E-state index contributed by atoms with van der Waals surface area (Å²) in [4.78, 5) is 19.3. The topological polar surface area (TPSA) is 82.6 Å². The molecule has 0 saturated carbocycles. The van der Waals surface area contributed by atoms with Crippen molar-refractivity contribution in [2.24, 2.45) is 7.05 Å². The average Bonchev–Trinajstić information content (AvgIpc) is 3.46. The molecule has 28 heavy (non-hydrogen) atoms. The molecule has 0 radical (unpaired) electrons. The second-order valence-corrected chi connectivity index (χ2v) is 6.76. The third-order valence-electron chi connectivity index (χ3n) is 5.08. The minimum absolute atomic E-state index is 0.0229. The van der Waals surface area contributed by atoms with Crippen molar-refractivity contribution in [3.05, 3.63) is 48.0 Å². The monoisotopic (exact) mass is 382 g/mol. The molecule has 146 valence electrons. The lowest BCUT2D eigenvalue weighted by Gasteiger charge is -2.18. The molecule has 3 aromatic rings. The number of hydrogen-bond donors (Lipinski definition) is 0. The third kappa shape index (κ3) is 3.21. The fraction of sp³-hybridized carbons (Fsp3) is 0.350. The molecule has 4 rings (SSSR count). The molecule has 1 unspecified atom stereocenters. The fourth-order valence-corrected chi connectivity index (χ4v) is 3.49. The lowest BCUT2D eigenvalue weighted by atomic mass is 10.1. The maximum atomic E-state index is 13.0. The van der Waals surface area contributed by atoms with Crippen LogP contribution >= 0.6 is 0 Å². The number of benzene rings is 1. The molecule has 0 N–H and O–H groups in total. The van der Waals surface area contributed by atoms with Gasteiger partial charge in [-0.15, -0.1) is 0 Å². The molecule has 1 fully saturated rings. The Balaban J connectivity index is 1.49. The van der Waals surface area contributed by atoms with E-state index in [0.29, 0.717) is 41.9 Å². The fourth-order valence-electron chi connectivity index (χ4n) is 3.49. The van der Waals surface area contributed by atoms with Crippen molar-refractivity contribution in [3.8, 4) is 23.0 Å². The van der Waals surface area contributed by atoms with Gasteiger partial charge in [-0.3, -0.25) is 4.79 Å². The second kappa shape index (κ2) is 7.38. The minimum Gasteiger partial charge on any atom is -0.497 e. The normalized spacial score (nSPS) is 16.4. The summed E-state index contributed by atoms with van der Waals surface area (Å²) in [6.45, 7) is 1.16. The van der Waals surface area contributed by atoms with E-state index in [4.69, 9.17) is 14.0 Å². The highest BCUT2D eigenvalue weighted by Gasteiger charge is 2.32. The second-order valence-electron chi connectivity index (χ2n) is 6.76. The van der Waals surface area contributed by atoms with E-state index in [1.54, 1.807) is 37.3 Å². The molecule has 1 saturated heterocycles. The molecule has 1 atom stereocenters. The number of aryl methyl sites for hydroxylation is 1. The summed E-state index contributed by atoms with van der Waals surface area (Å²) in [5, 5.41) is 4.09. The van der Waals surface area contributed by atoms with E-state index in [2.05, 4.69) is 10.1 Å². The van der Waals surface area contributed by atoms with Crippen LogP contribution in [0.25, 0.3) is 11.5 Å². The summed E-state index contributed by atoms with van der Waals surface area (Å²) in [5.74, 6) is 2.21. The van der Waals surface area contributed by atoms with E-state index in [-0.39, 0.29) is 11.8 Å². The number of ether oxygens (including phenoxy) is 2. The molecule has 0 spiro atoms. The van der Waals surface area contributed by atoms with E-state index in [1.807, 2.05) is 29.9 Å². The molecule has 1 amide bonds. The van der Waals surface area contributed by atoms with E-state index in [9.17, 15) is 4.79 Å². The Labute approximate surface area is 162 Å². The molecular weight excluding hydrogens is 360 g/mol. The molecule has 8 nitrogen and oxygen atoms in total. The summed E-state index contributed by atoms with van der Waals surface area (Å²) in [5.41, 5.74) is 1.41. The number of carbonyl (C=O) groups excluding carboxylic acids is 1. The summed E-state index contributed by atoms with van der Waals surface area (Å²) in [6, 6.07) is 9.07. The Morgan fingerprint density at radius 1 is 1.25 bits per heavy atom. The van der Waals surface area contributed by atoms with Gasteiger partial charge in [0, 0.05) is 32.4 Å². The van der Waals surface area contributed by atoms with Gasteiger partial charge in [0.05, 0.1) is 31.4 Å². The van der Waals surface area contributed by atoms with Gasteiger partial charge in [-0.2, -0.15) is 4.98 Å². The number of hydrogen-bond acceptors (Lipinski definition) is 6. The highest BCUT2D eigenvalue weighted by Crippen LogP contribution is 2.31. The summed E-state index contributed by atoms with van der Waals surface area (Å²) < 4.78 is 18.0. The first kappa shape index (κ1) is 18.1. The van der Waals surface area contributed by atoms with Gasteiger partial charge in [-0.25, -0.2) is 0 Å². The number of aromatic nitrogens is 3. The predicted molar refractivity (Wildman–Crippen MR) is 102 cm³/mol. The van der Waals surface area contributed by atoms with Gasteiger partial charge in [0.15, 0.2) is 0 Å². The van der Waals surface area contributed by atoms with Crippen molar-refractivity contribution in [2.75, 3.05) is 27.3 Å². The number of nitrogens with zero attached hydrogens (tertiary/aromatic N) is 4. The van der Waals surface area contributed by atoms with Crippen LogP contribution in [0.15, 0.2) is 41.1 Å². The van der Waals surface area contributed by atoms with Crippen molar-refractivity contribution in [2.45, 2.75) is 12.3 Å². The lowest BCUT2D eigenvalue weighted by molar-refractivity contribution is 0.0786. The maximum absolute atomic E-state index is 13.0. The van der Waals surface area contributed by atoms with Gasteiger partial charge in [-0.1, -0.05) is 5.16 Å². The zero-order chi connectivity index (χ0) is 19.7. The van der Waals surface area contributed by atoms with Crippen LogP contribution in [0.2, 0.25) is 0 Å². The van der Waals surface area contributed by atoms with Gasteiger partial charge in [0.2, 0.25) is 11.7 Å². The van der Waals surface area contributed by atoms with Crippen LogP contribution < -0.4 is 9.47 Å². The molecule has 0 aliphatic carbocycles. The first-order chi connectivity index (χ1) is 13.6. The van der Waals surface area contributed by atoms with Gasteiger partial charge in [-0.05, 0) is 30.7 Å². The largest absolute Gasteiger partial charge is 0.497 e. The van der Waals surface area contributed by atoms with Crippen molar-refractivity contribution >= 4 is 5.91 Å². The molecule has 1 aromatic carbocycles. The summed E-state index contributed by atoms with van der Waals surface area (Å²) >= 11 is 0. The minimum atomic E-state index is -0.0795. The summed E-state index contributed by atoms with van der Waals surface area (Å²) in [6.07, 6.45) is 2.71. The van der Waals surface area contributed by atoms with E-state index < -0.39 is 0 Å². The highest BCUT2D eigenvalue weighted by molar-refractivity contribution is 5.97. The van der Waals surface area contributed by atoms with E-state index in [1.165, 1.54) is 0 Å². The predicted octanol–water partition coefficient (Wildman–Crippen LogP) is 2.72. The molecule has 1 aliphatic heterocycles. The molecule has 0 bridgehead atoms. The lowest BCUT2D eigenvalue weighted by Crippen LogP contribution is -2.28. The van der Waals surface area contributed by atoms with E-state index in [0.717, 1.165) is 12.1 Å². The highest BCUT2D eigenvalue weighted by atomic mass is 16.5. The molecule has 1 aliphatic rings. The number of rotatable bonds is 5. The van der Waals surface area contributed by atoms with Crippen LogP contribution in [-0.2, 0) is 7.05 Å². The van der Waals surface area contributed by atoms with Crippen LogP contribution in [-0.4, -0.2) is 52.8 Å². The molecule has 8 heteroatoms. The van der Waals surface area contributed by atoms with Gasteiger partial charge >= 0.3 is 0 Å². The Morgan fingerprint density at radius 3 is 2.82 bits per heavy atom. The Morgan fingerprint density at radius 2 is 2.11 bits per heavy atom. The van der Waals surface area contributed by atoms with Crippen LogP contribution in [0.1, 0.15) is 28.6 Å². The maximum Gasteiger partial charge on any atom is 0.257 e. The molecule has 2 aromatic heterocycles. The number of methoxy groups -OCH3 is 2. The number of likely N-dealkylation sites (tertiary alicyclic amines) is 1. The SMILES string of the molecule is COc1ccc(C(=O)N2CCC(c3nc(-c4cccn4C)no3)C2)c(OC)c1. The van der Waals surface area contributed by atoms with Crippen molar-refractivity contribution in [3.63, 3.8) is 0 Å². The van der Waals surface area contributed by atoms with Gasteiger partial charge in [0.25, 0.3) is 5.91 Å². The van der Waals surface area contributed by atoms with Crippen molar-refractivity contribution < 1.29 is 18.8 Å². The van der Waals surface area contributed by atoms with Crippen LogP contribution in [0.4, 0.5) is 0 Å². The molecular formula is C20H22N4O4. The molecule has 3 heterocycles. The van der Waals surface area contributed by atoms with Crippen LogP contribution in [0, 0.1) is 0 Å². The Bertz CT molecular complexity index is 994. The van der Waals surface area contributed by atoms with E-state index >= 15 is 0 Å². The quantitative estimate of drug-likeness (QED) is 0.675. The van der Waals surface area contributed by atoms with Gasteiger partial charge in [0.1, 0.15) is 11.5 Å². The zero-order valence-electron chi connectivity index (χ0n) is 16.1. The zero-order valence-corrected chi connectivity index (χ0v) is 16.1. The van der Waals surface area contributed by atoms with Crippen molar-refractivity contribution in [1.29, 1.82) is 0 Å². The van der Waals surface area contributed by atoms with Crippen LogP contribution in [0.5, 0.6) is 11.5 Å². The van der Waals surface area contributed by atoms with Gasteiger partial charge < -0.3 is 23.5 Å². The van der Waals surface area contributed by atoms with Crippen molar-refractivity contribution in [1.82, 2.24) is 19.6 Å². The first-order valence-electron chi connectivity index (χ1n) is 9.07. The Hall–Kier alpha value is -3.29. The number of carbonyl (C=O) groups is 1. The first-order valence-corrected chi connectivity index (χ1v) is 9.07. The summed E-state index contributed by atoms with van der Waals surface area (Å²) in [7, 11) is 5.06. The average molecular weight is 382 g/mol. The Kier molecular flexibility index (Phi) is 4.77. The smallest absolute Gasteiger partial charge is 0.257 e. The van der Waals surface area contributed by atoms with Crippen LogP contribution in [0.3, 0.4) is 0 Å².